The molecule has 1 atom stereocenters. The smallest absolute Gasteiger partial charge is 0.326 e. The highest BCUT2D eigenvalue weighted by molar-refractivity contribution is 5.82. The summed E-state index contributed by atoms with van der Waals surface area (Å²) in [5.74, 6) is -1.59. The number of carbonyl (C=O) groups excluding carboxylic acids is 1. The first-order valence-corrected chi connectivity index (χ1v) is 6.16. The quantitative estimate of drug-likeness (QED) is 0.502. The largest absolute Gasteiger partial charge is 0.481 e. The van der Waals surface area contributed by atoms with Gasteiger partial charge in [0.2, 0.25) is 5.89 Å². The highest BCUT2D eigenvalue weighted by Gasteiger charge is 2.20. The average molecular weight is 300 g/mol. The van der Waals surface area contributed by atoms with Gasteiger partial charge in [0.1, 0.15) is 6.04 Å². The number of hydrogen-bond donors (Lipinski definition) is 4. The molecule has 0 spiro atoms. The lowest BCUT2D eigenvalue weighted by Gasteiger charge is -2.13. The number of aromatic nitrogens is 2. The van der Waals surface area contributed by atoms with Crippen molar-refractivity contribution in [3.63, 3.8) is 0 Å². The van der Waals surface area contributed by atoms with Crippen molar-refractivity contribution in [2.24, 2.45) is 0 Å². The molecule has 1 heterocycles. The van der Waals surface area contributed by atoms with E-state index in [4.69, 9.17) is 14.7 Å². The number of amides is 2. The molecule has 10 heteroatoms. The zero-order chi connectivity index (χ0) is 15.8. The van der Waals surface area contributed by atoms with Crippen LogP contribution in [-0.2, 0) is 16.0 Å². The van der Waals surface area contributed by atoms with Crippen LogP contribution in [-0.4, -0.2) is 50.9 Å². The molecule has 0 bridgehead atoms. The van der Waals surface area contributed by atoms with Crippen molar-refractivity contribution in [1.29, 1.82) is 0 Å². The van der Waals surface area contributed by atoms with Crippen molar-refractivity contribution in [2.75, 3.05) is 6.54 Å². The number of hydrogen-bond acceptors (Lipinski definition) is 6. The minimum absolute atomic E-state index is 0.179. The molecule has 21 heavy (non-hydrogen) atoms. The Bertz CT molecular complexity index is 515. The van der Waals surface area contributed by atoms with Gasteiger partial charge in [-0.25, -0.2) is 9.59 Å². The van der Waals surface area contributed by atoms with Crippen LogP contribution in [0.15, 0.2) is 4.52 Å². The van der Waals surface area contributed by atoms with Gasteiger partial charge in [-0.2, -0.15) is 4.98 Å². The zero-order valence-electron chi connectivity index (χ0n) is 11.3. The Labute approximate surface area is 119 Å². The Kier molecular flexibility index (Phi) is 6.11. The van der Waals surface area contributed by atoms with Gasteiger partial charge in [-0.15, -0.1) is 0 Å². The average Bonchev–Trinajstić information content (AvgIpc) is 2.79. The lowest BCUT2D eigenvalue weighted by molar-refractivity contribution is -0.140. The standard InChI is InChI=1S/C11H16N4O6/c1-6-13-8(21-15-6)4-5-12-11(20)14-7(10(18)19)2-3-9(16)17/h7H,2-5H2,1H3,(H,16,17)(H,18,19)(H2,12,14,20). The number of rotatable bonds is 8. The maximum Gasteiger partial charge on any atom is 0.326 e. The second-order valence-electron chi connectivity index (χ2n) is 4.21. The van der Waals surface area contributed by atoms with Crippen molar-refractivity contribution in [3.8, 4) is 0 Å². The SMILES string of the molecule is Cc1noc(CCNC(=O)NC(CCC(=O)O)C(=O)O)n1. The maximum atomic E-state index is 11.5. The van der Waals surface area contributed by atoms with E-state index in [0.717, 1.165) is 0 Å². The van der Waals surface area contributed by atoms with Gasteiger partial charge in [0.05, 0.1) is 0 Å². The van der Waals surface area contributed by atoms with Crippen molar-refractivity contribution in [1.82, 2.24) is 20.8 Å². The normalized spacial score (nSPS) is 11.7. The lowest BCUT2D eigenvalue weighted by atomic mass is 10.1. The van der Waals surface area contributed by atoms with Gasteiger partial charge in [-0.3, -0.25) is 4.79 Å². The van der Waals surface area contributed by atoms with E-state index in [9.17, 15) is 14.4 Å². The highest BCUT2D eigenvalue weighted by Crippen LogP contribution is 1.98. The minimum atomic E-state index is -1.29. The van der Waals surface area contributed by atoms with Crippen LogP contribution in [0.4, 0.5) is 4.79 Å². The van der Waals surface area contributed by atoms with Gasteiger partial charge in [0.15, 0.2) is 5.82 Å². The predicted molar refractivity (Wildman–Crippen MR) is 67.6 cm³/mol. The molecule has 1 unspecified atom stereocenters. The predicted octanol–water partition coefficient (Wildman–Crippen LogP) is -0.462. The first-order chi connectivity index (χ1) is 9.88. The third kappa shape index (κ3) is 6.36. The van der Waals surface area contributed by atoms with Crippen LogP contribution >= 0.6 is 0 Å². The van der Waals surface area contributed by atoms with Crippen LogP contribution in [0.2, 0.25) is 0 Å². The van der Waals surface area contributed by atoms with E-state index >= 15 is 0 Å². The lowest BCUT2D eigenvalue weighted by Crippen LogP contribution is -2.46. The van der Waals surface area contributed by atoms with Crippen molar-refractivity contribution in [2.45, 2.75) is 32.2 Å². The number of nitrogens with one attached hydrogen (secondary N) is 2. The number of carbonyl (C=O) groups is 3. The molecule has 10 nitrogen and oxygen atoms in total. The molecular formula is C11H16N4O6. The second kappa shape index (κ2) is 7.82. The summed E-state index contributed by atoms with van der Waals surface area (Å²) in [6, 6.07) is -1.96. The molecule has 1 aromatic heterocycles. The Balaban J connectivity index is 2.32. The second-order valence-corrected chi connectivity index (χ2v) is 4.21. The van der Waals surface area contributed by atoms with Crippen LogP contribution in [0.5, 0.6) is 0 Å². The van der Waals surface area contributed by atoms with Gasteiger partial charge >= 0.3 is 18.0 Å². The first-order valence-electron chi connectivity index (χ1n) is 6.16. The van der Waals surface area contributed by atoms with Crippen molar-refractivity contribution < 1.29 is 29.1 Å². The van der Waals surface area contributed by atoms with E-state index in [2.05, 4.69) is 20.8 Å². The molecule has 0 aliphatic rings. The molecule has 116 valence electrons. The Morgan fingerprint density at radius 2 is 2.05 bits per heavy atom. The summed E-state index contributed by atoms with van der Waals surface area (Å²) >= 11 is 0. The summed E-state index contributed by atoms with van der Waals surface area (Å²) in [5, 5.41) is 25.6. The van der Waals surface area contributed by atoms with E-state index in [1.54, 1.807) is 6.92 Å². The highest BCUT2D eigenvalue weighted by atomic mass is 16.5. The topological polar surface area (TPSA) is 155 Å². The Morgan fingerprint density at radius 3 is 2.57 bits per heavy atom. The maximum absolute atomic E-state index is 11.5. The van der Waals surface area contributed by atoms with Gasteiger partial charge in [-0.05, 0) is 13.3 Å². The van der Waals surface area contributed by atoms with Crippen LogP contribution < -0.4 is 10.6 Å². The summed E-state index contributed by atoms with van der Waals surface area (Å²) in [6.07, 6.45) is -0.236. The molecule has 1 aromatic rings. The van der Waals surface area contributed by atoms with Crippen LogP contribution in [0.25, 0.3) is 0 Å². The number of nitrogens with zero attached hydrogens (tertiary/aromatic N) is 2. The molecule has 4 N–H and O–H groups in total. The Morgan fingerprint density at radius 1 is 1.33 bits per heavy atom. The van der Waals surface area contributed by atoms with E-state index < -0.39 is 24.0 Å². The molecule has 0 aliphatic carbocycles. The number of aryl methyl sites for hydroxylation is 1. The molecular weight excluding hydrogens is 284 g/mol. The molecule has 0 radical (unpaired) electrons. The minimum Gasteiger partial charge on any atom is -0.481 e. The summed E-state index contributed by atoms with van der Waals surface area (Å²) in [7, 11) is 0. The number of carboxylic acids is 2. The fraction of sp³-hybridized carbons (Fsp3) is 0.545. The summed E-state index contributed by atoms with van der Waals surface area (Å²) in [6.45, 7) is 1.84. The Hall–Kier alpha value is -2.65. The first kappa shape index (κ1) is 16.4. The number of urea groups is 1. The van der Waals surface area contributed by atoms with E-state index in [1.807, 2.05) is 0 Å². The van der Waals surface area contributed by atoms with Crippen LogP contribution in [0, 0.1) is 6.92 Å². The summed E-state index contributed by atoms with van der Waals surface area (Å²) in [4.78, 5) is 36.7. The van der Waals surface area contributed by atoms with Crippen molar-refractivity contribution >= 4 is 18.0 Å². The molecule has 0 fully saturated rings. The fourth-order valence-electron chi connectivity index (χ4n) is 1.46. The number of carboxylic acid groups (broad SMARTS) is 2. The summed E-state index contributed by atoms with van der Waals surface area (Å²) in [5.41, 5.74) is 0. The fourth-order valence-corrected chi connectivity index (χ4v) is 1.46. The third-order valence-corrected chi connectivity index (χ3v) is 2.44. The third-order valence-electron chi connectivity index (χ3n) is 2.44. The van der Waals surface area contributed by atoms with Gasteiger partial charge in [0.25, 0.3) is 0 Å². The molecule has 0 aromatic carbocycles. The van der Waals surface area contributed by atoms with E-state index in [-0.39, 0.29) is 19.4 Å². The van der Waals surface area contributed by atoms with Crippen LogP contribution in [0.3, 0.4) is 0 Å². The van der Waals surface area contributed by atoms with E-state index in [0.29, 0.717) is 18.1 Å². The van der Waals surface area contributed by atoms with Gasteiger partial charge in [0, 0.05) is 19.4 Å². The van der Waals surface area contributed by atoms with Crippen molar-refractivity contribution in [3.05, 3.63) is 11.7 Å². The molecule has 0 saturated carbocycles. The number of aliphatic carboxylic acids is 2. The molecule has 0 saturated heterocycles. The van der Waals surface area contributed by atoms with E-state index in [1.165, 1.54) is 0 Å². The molecule has 0 aliphatic heterocycles. The van der Waals surface area contributed by atoms with Gasteiger partial charge in [-0.1, -0.05) is 5.16 Å². The molecule has 2 amide bonds. The van der Waals surface area contributed by atoms with Gasteiger partial charge < -0.3 is 25.4 Å². The summed E-state index contributed by atoms with van der Waals surface area (Å²) < 4.78 is 4.84. The monoisotopic (exact) mass is 300 g/mol. The zero-order valence-corrected chi connectivity index (χ0v) is 11.3. The molecule has 1 rings (SSSR count). The van der Waals surface area contributed by atoms with Crippen LogP contribution in [0.1, 0.15) is 24.6 Å².